The minimum absolute atomic E-state index is 0.0678. The first kappa shape index (κ1) is 18.8. The van der Waals surface area contributed by atoms with Crippen LogP contribution in [-0.2, 0) is 4.74 Å². The summed E-state index contributed by atoms with van der Waals surface area (Å²) in [5.74, 6) is -0.0678. The fourth-order valence-corrected chi connectivity index (χ4v) is 3.79. The Labute approximate surface area is 161 Å². The second-order valence-corrected chi connectivity index (χ2v) is 7.27. The van der Waals surface area contributed by atoms with Gasteiger partial charge in [0, 0.05) is 37.2 Å². The zero-order valence-electron chi connectivity index (χ0n) is 14.7. The van der Waals surface area contributed by atoms with E-state index in [4.69, 9.17) is 16.3 Å². The van der Waals surface area contributed by atoms with Crippen molar-refractivity contribution < 1.29 is 9.53 Å². The fraction of sp³-hybridized carbons (Fsp3) is 0.333. The Hall–Kier alpha value is -1.93. The predicted octanol–water partition coefficient (Wildman–Crippen LogP) is 3.01. The molecule has 1 aromatic carbocycles. The number of benzene rings is 1. The number of nitrogens with zero attached hydrogens (tertiary/aromatic N) is 2. The van der Waals surface area contributed by atoms with Crippen LogP contribution in [0, 0.1) is 6.92 Å². The van der Waals surface area contributed by atoms with Crippen LogP contribution in [0.15, 0.2) is 30.3 Å². The van der Waals surface area contributed by atoms with Gasteiger partial charge in [0.1, 0.15) is 4.83 Å². The third kappa shape index (κ3) is 4.24. The van der Waals surface area contributed by atoms with Crippen molar-refractivity contribution in [3.63, 3.8) is 0 Å². The average molecular weight is 393 g/mol. The number of halogens is 1. The number of ether oxygens (including phenoxy) is 1. The van der Waals surface area contributed by atoms with Crippen molar-refractivity contribution in [1.29, 1.82) is 0 Å². The first-order valence-corrected chi connectivity index (χ1v) is 9.52. The van der Waals surface area contributed by atoms with Crippen LogP contribution in [-0.4, -0.2) is 49.0 Å². The van der Waals surface area contributed by atoms with Crippen molar-refractivity contribution in [2.75, 3.05) is 33.4 Å². The molecule has 0 saturated carbocycles. The zero-order valence-corrected chi connectivity index (χ0v) is 16.3. The lowest BCUT2D eigenvalue weighted by Gasteiger charge is -2.05. The molecule has 0 atom stereocenters. The maximum atomic E-state index is 12.4. The molecule has 0 radical (unpaired) electrons. The molecule has 3 rings (SSSR count). The second kappa shape index (κ2) is 8.64. The molecule has 0 saturated heterocycles. The van der Waals surface area contributed by atoms with Crippen molar-refractivity contribution in [3.05, 3.63) is 45.9 Å². The first-order valence-electron chi connectivity index (χ1n) is 8.33. The molecule has 0 aliphatic carbocycles. The summed E-state index contributed by atoms with van der Waals surface area (Å²) in [5.41, 5.74) is 1.81. The largest absolute Gasteiger partial charge is 0.383 e. The SMILES string of the molecule is COCCNCCNC(=O)c1cc2c(C)nn(-c3ccc(Cl)cc3)c2s1. The van der Waals surface area contributed by atoms with Gasteiger partial charge in [-0.05, 0) is 37.3 Å². The van der Waals surface area contributed by atoms with E-state index in [1.807, 2.05) is 41.9 Å². The van der Waals surface area contributed by atoms with E-state index in [-0.39, 0.29) is 5.91 Å². The number of aromatic nitrogens is 2. The minimum Gasteiger partial charge on any atom is -0.383 e. The average Bonchev–Trinajstić information content (AvgIpc) is 3.20. The number of nitrogens with one attached hydrogen (secondary N) is 2. The van der Waals surface area contributed by atoms with E-state index in [0.29, 0.717) is 29.6 Å². The Kier molecular flexibility index (Phi) is 6.26. The number of carbonyl (C=O) groups is 1. The van der Waals surface area contributed by atoms with Crippen LogP contribution in [0.4, 0.5) is 0 Å². The van der Waals surface area contributed by atoms with Gasteiger partial charge in [0.25, 0.3) is 5.91 Å². The molecular weight excluding hydrogens is 372 g/mol. The molecule has 1 amide bonds. The van der Waals surface area contributed by atoms with Gasteiger partial charge in [-0.2, -0.15) is 5.10 Å². The molecule has 3 aromatic rings. The maximum Gasteiger partial charge on any atom is 0.261 e. The summed E-state index contributed by atoms with van der Waals surface area (Å²) in [6, 6.07) is 9.40. The quantitative estimate of drug-likeness (QED) is 0.578. The topological polar surface area (TPSA) is 68.2 Å². The molecule has 26 heavy (non-hydrogen) atoms. The monoisotopic (exact) mass is 392 g/mol. The number of carbonyl (C=O) groups excluding carboxylic acids is 1. The zero-order chi connectivity index (χ0) is 18.5. The minimum atomic E-state index is -0.0678. The Balaban J connectivity index is 1.72. The third-order valence-corrected chi connectivity index (χ3v) is 5.27. The van der Waals surface area contributed by atoms with Crippen LogP contribution in [0.5, 0.6) is 0 Å². The van der Waals surface area contributed by atoms with Crippen LogP contribution < -0.4 is 10.6 Å². The van der Waals surface area contributed by atoms with Crippen molar-refractivity contribution in [3.8, 4) is 5.69 Å². The number of rotatable bonds is 8. The highest BCUT2D eigenvalue weighted by atomic mass is 35.5. The number of hydrogen-bond donors (Lipinski definition) is 2. The number of amides is 1. The van der Waals surface area contributed by atoms with Crippen LogP contribution in [0.1, 0.15) is 15.4 Å². The van der Waals surface area contributed by atoms with E-state index in [1.165, 1.54) is 11.3 Å². The lowest BCUT2D eigenvalue weighted by atomic mass is 10.3. The van der Waals surface area contributed by atoms with E-state index >= 15 is 0 Å². The van der Waals surface area contributed by atoms with Gasteiger partial charge in [0.05, 0.1) is 22.9 Å². The number of aryl methyl sites for hydroxylation is 1. The fourth-order valence-electron chi connectivity index (χ4n) is 2.57. The normalized spacial score (nSPS) is 11.2. The number of fused-ring (bicyclic) bond motifs is 1. The van der Waals surface area contributed by atoms with Crippen molar-refractivity contribution in [2.45, 2.75) is 6.92 Å². The van der Waals surface area contributed by atoms with E-state index in [2.05, 4.69) is 15.7 Å². The van der Waals surface area contributed by atoms with E-state index < -0.39 is 0 Å². The van der Waals surface area contributed by atoms with Crippen LogP contribution in [0.2, 0.25) is 5.02 Å². The van der Waals surface area contributed by atoms with Gasteiger partial charge >= 0.3 is 0 Å². The van der Waals surface area contributed by atoms with E-state index in [9.17, 15) is 4.79 Å². The van der Waals surface area contributed by atoms with Gasteiger partial charge in [0.2, 0.25) is 0 Å². The van der Waals surface area contributed by atoms with E-state index in [0.717, 1.165) is 28.1 Å². The van der Waals surface area contributed by atoms with Gasteiger partial charge in [-0.15, -0.1) is 11.3 Å². The summed E-state index contributed by atoms with van der Waals surface area (Å²) in [6.07, 6.45) is 0. The molecule has 0 bridgehead atoms. The van der Waals surface area contributed by atoms with Gasteiger partial charge in [-0.25, -0.2) is 4.68 Å². The van der Waals surface area contributed by atoms with Crippen molar-refractivity contribution in [2.24, 2.45) is 0 Å². The molecule has 0 aliphatic rings. The number of methoxy groups -OCH3 is 1. The van der Waals surface area contributed by atoms with Gasteiger partial charge < -0.3 is 15.4 Å². The van der Waals surface area contributed by atoms with Gasteiger partial charge in [-0.1, -0.05) is 11.6 Å². The summed E-state index contributed by atoms with van der Waals surface area (Å²) in [5, 5.41) is 12.4. The molecule has 0 unspecified atom stereocenters. The summed E-state index contributed by atoms with van der Waals surface area (Å²) in [7, 11) is 1.66. The Morgan fingerprint density at radius 1 is 1.27 bits per heavy atom. The van der Waals surface area contributed by atoms with Gasteiger partial charge in [0.15, 0.2) is 0 Å². The molecule has 138 valence electrons. The van der Waals surface area contributed by atoms with Crippen molar-refractivity contribution >= 4 is 39.1 Å². The highest BCUT2D eigenvalue weighted by molar-refractivity contribution is 7.20. The van der Waals surface area contributed by atoms with Crippen LogP contribution >= 0.6 is 22.9 Å². The summed E-state index contributed by atoms with van der Waals surface area (Å²) in [4.78, 5) is 14.0. The molecule has 0 spiro atoms. The Morgan fingerprint density at radius 2 is 2.04 bits per heavy atom. The molecule has 0 fully saturated rings. The molecule has 0 aliphatic heterocycles. The standard InChI is InChI=1S/C18H21ClN4O2S/c1-12-15-11-16(17(24)21-8-7-20-9-10-25-2)26-18(15)23(22-12)14-5-3-13(19)4-6-14/h3-6,11,20H,7-10H2,1-2H3,(H,21,24). The third-order valence-electron chi connectivity index (χ3n) is 3.91. The molecule has 8 heteroatoms. The smallest absolute Gasteiger partial charge is 0.261 e. The van der Waals surface area contributed by atoms with Crippen LogP contribution in [0.3, 0.4) is 0 Å². The number of thiophene rings is 1. The highest BCUT2D eigenvalue weighted by Crippen LogP contribution is 2.30. The molecular formula is C18H21ClN4O2S. The molecule has 2 heterocycles. The molecule has 6 nitrogen and oxygen atoms in total. The lowest BCUT2D eigenvalue weighted by molar-refractivity contribution is 0.0958. The lowest BCUT2D eigenvalue weighted by Crippen LogP contribution is -2.32. The summed E-state index contributed by atoms with van der Waals surface area (Å²) in [6.45, 7) is 4.65. The van der Waals surface area contributed by atoms with Crippen LogP contribution in [0.25, 0.3) is 15.9 Å². The summed E-state index contributed by atoms with van der Waals surface area (Å²) >= 11 is 7.40. The molecule has 2 aromatic heterocycles. The summed E-state index contributed by atoms with van der Waals surface area (Å²) < 4.78 is 6.82. The van der Waals surface area contributed by atoms with Gasteiger partial charge in [-0.3, -0.25) is 4.79 Å². The second-order valence-electron chi connectivity index (χ2n) is 5.80. The first-order chi connectivity index (χ1) is 12.6. The van der Waals surface area contributed by atoms with Crippen molar-refractivity contribution in [1.82, 2.24) is 20.4 Å². The highest BCUT2D eigenvalue weighted by Gasteiger charge is 2.16. The Morgan fingerprint density at radius 3 is 2.77 bits per heavy atom. The predicted molar refractivity (Wildman–Crippen MR) is 106 cm³/mol. The molecule has 2 N–H and O–H groups in total. The Bertz CT molecular complexity index is 889. The van der Waals surface area contributed by atoms with E-state index in [1.54, 1.807) is 7.11 Å². The maximum absolute atomic E-state index is 12.4. The number of hydrogen-bond acceptors (Lipinski definition) is 5.